The predicted octanol–water partition coefficient (Wildman–Crippen LogP) is 4.54. The Labute approximate surface area is 122 Å². The fraction of sp³-hybridized carbons (Fsp3) is 0.0556. The first-order valence-corrected chi connectivity index (χ1v) is 6.70. The van der Waals surface area contributed by atoms with Crippen molar-refractivity contribution in [3.8, 4) is 0 Å². The molecule has 0 bridgehead atoms. The van der Waals surface area contributed by atoms with E-state index < -0.39 is 5.82 Å². The molecule has 0 aliphatic carbocycles. The van der Waals surface area contributed by atoms with Crippen LogP contribution in [0.2, 0.25) is 0 Å². The molecular formula is C18H14FNO. The lowest BCUT2D eigenvalue weighted by Gasteiger charge is -2.08. The molecule has 0 saturated heterocycles. The van der Waals surface area contributed by atoms with Gasteiger partial charge in [0.2, 0.25) is 0 Å². The van der Waals surface area contributed by atoms with Gasteiger partial charge in [0.1, 0.15) is 5.82 Å². The van der Waals surface area contributed by atoms with Gasteiger partial charge < -0.3 is 5.32 Å². The molecule has 0 unspecified atom stereocenters. The van der Waals surface area contributed by atoms with E-state index in [4.69, 9.17) is 0 Å². The Balaban J connectivity index is 1.89. The largest absolute Gasteiger partial charge is 0.319 e. The standard InChI is InChI=1S/C18H14FNO/c1-12-6-9-17(16(19)10-12)20-18(21)15-8-7-13-4-2-3-5-14(13)11-15/h2-11H,1H3,(H,20,21). The van der Waals surface area contributed by atoms with Crippen LogP contribution >= 0.6 is 0 Å². The number of amides is 1. The maximum atomic E-state index is 13.8. The molecule has 2 nitrogen and oxygen atoms in total. The van der Waals surface area contributed by atoms with E-state index in [-0.39, 0.29) is 11.6 Å². The number of benzene rings is 3. The van der Waals surface area contributed by atoms with Crippen molar-refractivity contribution in [1.82, 2.24) is 0 Å². The highest BCUT2D eigenvalue weighted by Gasteiger charge is 2.09. The summed E-state index contributed by atoms with van der Waals surface area (Å²) in [4.78, 5) is 12.2. The second-order valence-corrected chi connectivity index (χ2v) is 5.00. The van der Waals surface area contributed by atoms with Gasteiger partial charge in [0.15, 0.2) is 0 Å². The van der Waals surface area contributed by atoms with Gasteiger partial charge in [-0.15, -0.1) is 0 Å². The second-order valence-electron chi connectivity index (χ2n) is 5.00. The van der Waals surface area contributed by atoms with Crippen LogP contribution in [0.1, 0.15) is 15.9 Å². The van der Waals surface area contributed by atoms with E-state index in [1.54, 1.807) is 31.2 Å². The van der Waals surface area contributed by atoms with Gasteiger partial charge in [0.05, 0.1) is 5.69 Å². The van der Waals surface area contributed by atoms with Crippen LogP contribution in [0.25, 0.3) is 10.8 Å². The Morgan fingerprint density at radius 2 is 1.71 bits per heavy atom. The Kier molecular flexibility index (Phi) is 3.40. The molecule has 0 fully saturated rings. The average Bonchev–Trinajstić information content (AvgIpc) is 2.49. The zero-order valence-electron chi connectivity index (χ0n) is 11.6. The molecule has 3 aromatic rings. The van der Waals surface area contributed by atoms with Crippen LogP contribution in [-0.4, -0.2) is 5.91 Å². The van der Waals surface area contributed by atoms with Gasteiger partial charge in [-0.3, -0.25) is 4.79 Å². The minimum absolute atomic E-state index is 0.193. The molecule has 0 aliphatic heterocycles. The summed E-state index contributed by atoms with van der Waals surface area (Å²) in [5, 5.41) is 4.65. The Bertz CT molecular complexity index is 826. The number of carbonyl (C=O) groups is 1. The average molecular weight is 279 g/mol. The lowest BCUT2D eigenvalue weighted by molar-refractivity contribution is 0.102. The summed E-state index contributed by atoms with van der Waals surface area (Å²) in [7, 11) is 0. The molecule has 0 spiro atoms. The van der Waals surface area contributed by atoms with Crippen LogP contribution in [0, 0.1) is 12.7 Å². The molecule has 3 rings (SSSR count). The lowest BCUT2D eigenvalue weighted by atomic mass is 10.1. The summed E-state index contributed by atoms with van der Waals surface area (Å²) in [5.74, 6) is -0.743. The first kappa shape index (κ1) is 13.3. The van der Waals surface area contributed by atoms with Crippen molar-refractivity contribution < 1.29 is 9.18 Å². The van der Waals surface area contributed by atoms with Gasteiger partial charge in [-0.25, -0.2) is 4.39 Å². The zero-order chi connectivity index (χ0) is 14.8. The molecule has 0 saturated carbocycles. The summed E-state index contributed by atoms with van der Waals surface area (Å²) < 4.78 is 13.8. The highest BCUT2D eigenvalue weighted by molar-refractivity contribution is 6.06. The van der Waals surface area contributed by atoms with E-state index in [0.717, 1.165) is 16.3 Å². The van der Waals surface area contributed by atoms with Crippen molar-refractivity contribution in [2.45, 2.75) is 6.92 Å². The number of halogens is 1. The summed E-state index contributed by atoms with van der Waals surface area (Å²) in [6, 6.07) is 18.0. The first-order chi connectivity index (χ1) is 10.1. The summed E-state index contributed by atoms with van der Waals surface area (Å²) in [6.45, 7) is 1.80. The third-order valence-corrected chi connectivity index (χ3v) is 3.38. The van der Waals surface area contributed by atoms with Crippen LogP contribution in [0.4, 0.5) is 10.1 Å². The molecule has 0 aromatic heterocycles. The van der Waals surface area contributed by atoms with Gasteiger partial charge >= 0.3 is 0 Å². The van der Waals surface area contributed by atoms with Crippen molar-refractivity contribution in [1.29, 1.82) is 0 Å². The minimum Gasteiger partial charge on any atom is -0.319 e. The molecule has 0 aliphatic rings. The number of aryl methyl sites for hydroxylation is 1. The predicted molar refractivity (Wildman–Crippen MR) is 83.0 cm³/mol. The number of carbonyl (C=O) groups excluding carboxylic acids is 1. The lowest BCUT2D eigenvalue weighted by Crippen LogP contribution is -2.13. The van der Waals surface area contributed by atoms with E-state index >= 15 is 0 Å². The zero-order valence-corrected chi connectivity index (χ0v) is 11.6. The third-order valence-electron chi connectivity index (χ3n) is 3.38. The van der Waals surface area contributed by atoms with E-state index in [9.17, 15) is 9.18 Å². The molecule has 3 heteroatoms. The summed E-state index contributed by atoms with van der Waals surface area (Å²) in [5.41, 5.74) is 1.52. The van der Waals surface area contributed by atoms with Crippen LogP contribution in [0.15, 0.2) is 60.7 Å². The Morgan fingerprint density at radius 1 is 0.952 bits per heavy atom. The van der Waals surface area contributed by atoms with Crippen LogP contribution in [-0.2, 0) is 0 Å². The topological polar surface area (TPSA) is 29.1 Å². The quantitative estimate of drug-likeness (QED) is 0.733. The maximum absolute atomic E-state index is 13.8. The van der Waals surface area contributed by atoms with Gasteiger partial charge in [0, 0.05) is 5.56 Å². The summed E-state index contributed by atoms with van der Waals surface area (Å²) in [6.07, 6.45) is 0. The summed E-state index contributed by atoms with van der Waals surface area (Å²) >= 11 is 0. The van der Waals surface area contributed by atoms with Crippen molar-refractivity contribution >= 4 is 22.4 Å². The van der Waals surface area contributed by atoms with Crippen molar-refractivity contribution in [3.63, 3.8) is 0 Å². The van der Waals surface area contributed by atoms with E-state index in [1.165, 1.54) is 6.07 Å². The molecule has 0 heterocycles. The monoisotopic (exact) mass is 279 g/mol. The van der Waals surface area contributed by atoms with Gasteiger partial charge in [0.25, 0.3) is 5.91 Å². The highest BCUT2D eigenvalue weighted by Crippen LogP contribution is 2.19. The Hall–Kier alpha value is -2.68. The fourth-order valence-electron chi connectivity index (χ4n) is 2.25. The van der Waals surface area contributed by atoms with E-state index in [1.807, 2.05) is 30.3 Å². The van der Waals surface area contributed by atoms with Crippen LogP contribution in [0.5, 0.6) is 0 Å². The minimum atomic E-state index is -0.427. The van der Waals surface area contributed by atoms with Crippen molar-refractivity contribution in [3.05, 3.63) is 77.6 Å². The number of hydrogen-bond donors (Lipinski definition) is 1. The third kappa shape index (κ3) is 2.77. The number of fused-ring (bicyclic) bond motifs is 1. The smallest absolute Gasteiger partial charge is 0.255 e. The molecule has 21 heavy (non-hydrogen) atoms. The number of anilines is 1. The molecule has 1 amide bonds. The SMILES string of the molecule is Cc1ccc(NC(=O)c2ccc3ccccc3c2)c(F)c1. The highest BCUT2D eigenvalue weighted by atomic mass is 19.1. The Morgan fingerprint density at radius 3 is 2.48 bits per heavy atom. The molecule has 0 radical (unpaired) electrons. The maximum Gasteiger partial charge on any atom is 0.255 e. The van der Waals surface area contributed by atoms with Crippen LogP contribution < -0.4 is 5.32 Å². The van der Waals surface area contributed by atoms with Crippen LogP contribution in [0.3, 0.4) is 0 Å². The van der Waals surface area contributed by atoms with Crippen molar-refractivity contribution in [2.24, 2.45) is 0 Å². The number of hydrogen-bond acceptors (Lipinski definition) is 1. The van der Waals surface area contributed by atoms with Gasteiger partial charge in [-0.1, -0.05) is 36.4 Å². The van der Waals surface area contributed by atoms with Gasteiger partial charge in [-0.2, -0.15) is 0 Å². The first-order valence-electron chi connectivity index (χ1n) is 6.70. The molecule has 1 N–H and O–H groups in total. The molecular weight excluding hydrogens is 265 g/mol. The number of nitrogens with one attached hydrogen (secondary N) is 1. The van der Waals surface area contributed by atoms with Gasteiger partial charge in [-0.05, 0) is 47.5 Å². The molecule has 0 atom stereocenters. The van der Waals surface area contributed by atoms with E-state index in [2.05, 4.69) is 5.32 Å². The number of rotatable bonds is 2. The van der Waals surface area contributed by atoms with E-state index in [0.29, 0.717) is 5.56 Å². The van der Waals surface area contributed by atoms with Crippen molar-refractivity contribution in [2.75, 3.05) is 5.32 Å². The normalized spacial score (nSPS) is 10.6. The molecule has 104 valence electrons. The second kappa shape index (κ2) is 5.37. The fourth-order valence-corrected chi connectivity index (χ4v) is 2.25. The molecule has 3 aromatic carbocycles.